The van der Waals surface area contributed by atoms with E-state index >= 15 is 0 Å². The summed E-state index contributed by atoms with van der Waals surface area (Å²) in [6.45, 7) is 4.82. The van der Waals surface area contributed by atoms with Crippen molar-refractivity contribution >= 4 is 29.0 Å². The van der Waals surface area contributed by atoms with Crippen molar-refractivity contribution < 1.29 is 19.1 Å². The smallest absolute Gasteiger partial charge is 0.293 e. The van der Waals surface area contributed by atoms with Crippen LogP contribution >= 0.6 is 11.8 Å². The molecular formula is C27H25NO4S. The van der Waals surface area contributed by atoms with E-state index in [0.717, 1.165) is 39.8 Å². The van der Waals surface area contributed by atoms with Crippen LogP contribution in [0.25, 0.3) is 6.08 Å². The van der Waals surface area contributed by atoms with Crippen LogP contribution in [0.4, 0.5) is 4.79 Å². The summed E-state index contributed by atoms with van der Waals surface area (Å²) in [5.41, 5.74) is 3.92. The van der Waals surface area contributed by atoms with Crippen LogP contribution in [0.15, 0.2) is 77.7 Å². The number of benzene rings is 3. The summed E-state index contributed by atoms with van der Waals surface area (Å²) in [5, 5.41) is -0.293. The molecule has 1 saturated heterocycles. The van der Waals surface area contributed by atoms with E-state index in [1.807, 2.05) is 86.6 Å². The minimum Gasteiger partial charge on any atom is -0.491 e. The first kappa shape index (κ1) is 22.7. The summed E-state index contributed by atoms with van der Waals surface area (Å²) in [6.07, 6.45) is 1.72. The Labute approximate surface area is 198 Å². The maximum absolute atomic E-state index is 12.9. The number of amides is 2. The fourth-order valence-corrected chi connectivity index (χ4v) is 4.27. The summed E-state index contributed by atoms with van der Waals surface area (Å²) in [6, 6.07) is 23.3. The number of para-hydroxylation sites is 1. The van der Waals surface area contributed by atoms with E-state index in [-0.39, 0.29) is 24.3 Å². The second kappa shape index (κ2) is 10.4. The molecule has 0 spiro atoms. The third-order valence-electron chi connectivity index (χ3n) is 5.23. The van der Waals surface area contributed by atoms with Gasteiger partial charge in [-0.15, -0.1) is 0 Å². The van der Waals surface area contributed by atoms with Crippen LogP contribution in [0.3, 0.4) is 0 Å². The number of aryl methyl sites for hydroxylation is 2. The van der Waals surface area contributed by atoms with Crippen molar-refractivity contribution in [2.45, 2.75) is 20.5 Å². The molecule has 1 aliphatic rings. The number of imide groups is 1. The van der Waals surface area contributed by atoms with Crippen LogP contribution in [-0.2, 0) is 11.4 Å². The van der Waals surface area contributed by atoms with Gasteiger partial charge < -0.3 is 9.47 Å². The monoisotopic (exact) mass is 459 g/mol. The van der Waals surface area contributed by atoms with Crippen LogP contribution in [-0.4, -0.2) is 29.2 Å². The lowest BCUT2D eigenvalue weighted by Crippen LogP contribution is -2.32. The van der Waals surface area contributed by atoms with Crippen molar-refractivity contribution in [1.29, 1.82) is 0 Å². The first-order valence-electron chi connectivity index (χ1n) is 10.7. The van der Waals surface area contributed by atoms with Gasteiger partial charge in [0.1, 0.15) is 24.7 Å². The number of ether oxygens (including phenoxy) is 2. The first-order valence-corrected chi connectivity index (χ1v) is 11.5. The topological polar surface area (TPSA) is 55.8 Å². The number of hydrogen-bond acceptors (Lipinski definition) is 5. The minimum absolute atomic E-state index is 0.196. The fraction of sp³-hybridized carbons (Fsp3) is 0.185. The number of nitrogens with zero attached hydrogens (tertiary/aromatic N) is 1. The molecule has 33 heavy (non-hydrogen) atoms. The summed E-state index contributed by atoms with van der Waals surface area (Å²) in [5.74, 6) is 1.11. The normalized spacial score (nSPS) is 14.7. The van der Waals surface area contributed by atoms with Gasteiger partial charge in [-0.1, -0.05) is 60.7 Å². The molecule has 6 heteroatoms. The second-order valence-electron chi connectivity index (χ2n) is 7.76. The summed E-state index contributed by atoms with van der Waals surface area (Å²) in [4.78, 5) is 27.0. The van der Waals surface area contributed by atoms with Gasteiger partial charge in [-0.2, -0.15) is 0 Å². The van der Waals surface area contributed by atoms with Crippen molar-refractivity contribution in [2.75, 3.05) is 13.2 Å². The van der Waals surface area contributed by atoms with Crippen molar-refractivity contribution in [1.82, 2.24) is 4.90 Å². The minimum atomic E-state index is -0.313. The van der Waals surface area contributed by atoms with E-state index in [1.165, 1.54) is 4.90 Å². The van der Waals surface area contributed by atoms with Gasteiger partial charge in [-0.25, -0.2) is 0 Å². The fourth-order valence-electron chi connectivity index (χ4n) is 3.41. The molecule has 3 aromatic carbocycles. The highest BCUT2D eigenvalue weighted by atomic mass is 32.2. The van der Waals surface area contributed by atoms with Crippen molar-refractivity contribution in [3.8, 4) is 11.5 Å². The Kier molecular flexibility index (Phi) is 7.15. The van der Waals surface area contributed by atoms with Gasteiger partial charge in [0.25, 0.3) is 11.1 Å². The molecule has 3 aromatic rings. The molecule has 2 amide bonds. The van der Waals surface area contributed by atoms with Gasteiger partial charge in [-0.05, 0) is 60.5 Å². The Hall–Kier alpha value is -3.51. The Balaban J connectivity index is 1.42. The molecule has 0 aliphatic carbocycles. The van der Waals surface area contributed by atoms with Gasteiger partial charge in [0.05, 0.1) is 11.4 Å². The molecule has 5 nitrogen and oxygen atoms in total. The molecule has 4 rings (SSSR count). The Morgan fingerprint density at radius 1 is 0.879 bits per heavy atom. The van der Waals surface area contributed by atoms with Crippen LogP contribution in [0.1, 0.15) is 22.3 Å². The van der Waals surface area contributed by atoms with Crippen molar-refractivity contribution in [3.63, 3.8) is 0 Å². The molecule has 1 aliphatic heterocycles. The Morgan fingerprint density at radius 3 is 2.45 bits per heavy atom. The van der Waals surface area contributed by atoms with Gasteiger partial charge in [0, 0.05) is 5.56 Å². The van der Waals surface area contributed by atoms with E-state index in [2.05, 4.69) is 0 Å². The average Bonchev–Trinajstić information content (AvgIpc) is 3.08. The second-order valence-corrected chi connectivity index (χ2v) is 8.76. The number of hydrogen-bond donors (Lipinski definition) is 0. The molecule has 1 fully saturated rings. The molecule has 0 bridgehead atoms. The van der Waals surface area contributed by atoms with E-state index < -0.39 is 0 Å². The highest BCUT2D eigenvalue weighted by Gasteiger charge is 2.35. The van der Waals surface area contributed by atoms with Gasteiger partial charge in [0.2, 0.25) is 0 Å². The predicted octanol–water partition coefficient (Wildman–Crippen LogP) is 6.00. The molecular weight excluding hydrogens is 434 g/mol. The van der Waals surface area contributed by atoms with Gasteiger partial charge in [-0.3, -0.25) is 14.5 Å². The predicted molar refractivity (Wildman–Crippen MR) is 131 cm³/mol. The first-order chi connectivity index (χ1) is 16.0. The van der Waals surface area contributed by atoms with E-state index in [0.29, 0.717) is 17.3 Å². The van der Waals surface area contributed by atoms with E-state index in [9.17, 15) is 9.59 Å². The molecule has 0 aromatic heterocycles. The van der Waals surface area contributed by atoms with Crippen molar-refractivity contribution in [3.05, 3.63) is 100.0 Å². The third kappa shape index (κ3) is 5.65. The number of rotatable bonds is 8. The number of thioether (sulfide) groups is 1. The van der Waals surface area contributed by atoms with Gasteiger partial charge in [0.15, 0.2) is 0 Å². The highest BCUT2D eigenvalue weighted by molar-refractivity contribution is 8.18. The Bertz CT molecular complexity index is 1190. The Morgan fingerprint density at radius 2 is 1.64 bits per heavy atom. The van der Waals surface area contributed by atoms with Crippen LogP contribution in [0, 0.1) is 13.8 Å². The molecule has 0 unspecified atom stereocenters. The molecule has 0 N–H and O–H groups in total. The van der Waals surface area contributed by atoms with E-state index in [4.69, 9.17) is 9.47 Å². The average molecular weight is 460 g/mol. The van der Waals surface area contributed by atoms with Crippen LogP contribution < -0.4 is 9.47 Å². The quantitative estimate of drug-likeness (QED) is 0.387. The zero-order chi connectivity index (χ0) is 23.2. The molecule has 0 saturated carbocycles. The summed E-state index contributed by atoms with van der Waals surface area (Å²) >= 11 is 0.939. The number of carbonyl (C=O) groups is 2. The summed E-state index contributed by atoms with van der Waals surface area (Å²) < 4.78 is 11.8. The SMILES string of the molecule is Cc1ccc(C)c(OCCN2C(=O)S/C(=C\c3ccccc3OCc3ccccc3)C2=O)c1. The summed E-state index contributed by atoms with van der Waals surface area (Å²) in [7, 11) is 0. The highest BCUT2D eigenvalue weighted by Crippen LogP contribution is 2.34. The zero-order valence-electron chi connectivity index (χ0n) is 18.6. The number of carbonyl (C=O) groups excluding carboxylic acids is 2. The van der Waals surface area contributed by atoms with Crippen LogP contribution in [0.5, 0.6) is 11.5 Å². The van der Waals surface area contributed by atoms with Crippen LogP contribution in [0.2, 0.25) is 0 Å². The zero-order valence-corrected chi connectivity index (χ0v) is 19.4. The maximum atomic E-state index is 12.9. The van der Waals surface area contributed by atoms with Crippen molar-refractivity contribution in [2.24, 2.45) is 0 Å². The lowest BCUT2D eigenvalue weighted by molar-refractivity contribution is -0.123. The lowest BCUT2D eigenvalue weighted by atomic mass is 10.1. The standard InChI is InChI=1S/C27H25NO4S/c1-19-12-13-20(2)24(16-19)31-15-14-28-26(29)25(33-27(28)30)17-22-10-6-7-11-23(22)32-18-21-8-4-3-5-9-21/h3-13,16-17H,14-15,18H2,1-2H3/b25-17-. The lowest BCUT2D eigenvalue weighted by Gasteiger charge is -2.14. The molecule has 0 atom stereocenters. The van der Waals surface area contributed by atoms with Gasteiger partial charge >= 0.3 is 0 Å². The molecule has 168 valence electrons. The van der Waals surface area contributed by atoms with E-state index in [1.54, 1.807) is 6.08 Å². The third-order valence-corrected chi connectivity index (χ3v) is 6.14. The maximum Gasteiger partial charge on any atom is 0.293 e. The largest absolute Gasteiger partial charge is 0.491 e. The molecule has 1 heterocycles. The molecule has 0 radical (unpaired) electrons.